The zero-order valence-corrected chi connectivity index (χ0v) is 74.4. The molecule has 736 valence electrons. The van der Waals surface area contributed by atoms with Gasteiger partial charge in [0.25, 0.3) is 0 Å². The summed E-state index contributed by atoms with van der Waals surface area (Å²) >= 11 is 7.04. The third-order valence-electron chi connectivity index (χ3n) is 21.4. The molecule has 56 heteroatoms. The van der Waals surface area contributed by atoms with Crippen LogP contribution >= 0.6 is 94.1 Å². The van der Waals surface area contributed by atoms with Gasteiger partial charge in [0.2, 0.25) is 0 Å². The smallest absolute Gasteiger partial charge is 0.304 e. The van der Waals surface area contributed by atoms with E-state index in [9.17, 15) is 161 Å². The maximum Gasteiger partial charge on any atom is 0.304 e. The number of hydrogen-bond acceptors (Lipinski definition) is 48. The molecule has 30 fully saturated rings. The molecule has 16 bridgehead atoms. The largest absolute Gasteiger partial charge is 0.481 e. The predicted octanol–water partition coefficient (Wildman–Crippen LogP) is -7.68. The number of carboxylic acids is 8. The van der Waals surface area contributed by atoms with Gasteiger partial charge in [-0.1, -0.05) is 0 Å². The average Bonchev–Trinajstić information content (AvgIpc) is 0.770. The molecule has 0 saturated carbocycles. The molecule has 48 nitrogen and oxygen atoms in total. The van der Waals surface area contributed by atoms with Crippen molar-refractivity contribution < 1.29 is 237 Å². The van der Waals surface area contributed by atoms with Crippen molar-refractivity contribution in [2.75, 3.05) is 92.0 Å². The first-order valence-electron chi connectivity index (χ1n) is 40.5. The zero-order chi connectivity index (χ0) is 93.7. The second kappa shape index (κ2) is 52.7. The SMILES string of the molecule is O=C(O)CCSCC1O[C@@H]2O[C@@H]3C(CSCCC(=O)O)O[C@H](O[C@@H]4C(CSCCC(=O)O)O[C@H](O[C@@H]5C(CSCCC(=O)O)O[C@H](O[C@@H]6C(CSCCC(=O)O)O[C@H](O[C@@H]7C(CSCCC(=O)O)O[C@H](O[C@@H]8C(CSCCC(=O)O)O[C@H](O[C@@H]9C(CSCCC(=O)O)O[C@H](O[C@H]1C(O)C2O)C(O)C9O)C(O)C8O)C(O)C7O)C(O)C6O)C(O)C5O)C(O)C4O)C(O)C3O. The van der Waals surface area contributed by atoms with Crippen LogP contribution in [0.4, 0.5) is 0 Å². The number of ether oxygens (including phenoxy) is 16. The molecule has 24 unspecified atom stereocenters. The Labute approximate surface area is 763 Å². The first-order valence-corrected chi connectivity index (χ1v) is 49.7. The van der Waals surface area contributed by atoms with Gasteiger partial charge in [-0.05, 0) is 0 Å². The Bertz CT molecular complexity index is 2830. The number of carbonyl (C=O) groups is 8. The van der Waals surface area contributed by atoms with E-state index in [1.165, 1.54) is 0 Å². The number of aliphatic hydroxyl groups excluding tert-OH is 16. The molecule has 0 aromatic heterocycles. The first kappa shape index (κ1) is 109. The summed E-state index contributed by atoms with van der Waals surface area (Å²) in [5, 5.41) is 272. The summed E-state index contributed by atoms with van der Waals surface area (Å²) in [5.41, 5.74) is 0. The lowest BCUT2D eigenvalue weighted by Gasteiger charge is -2.51. The van der Waals surface area contributed by atoms with Crippen molar-refractivity contribution in [3.05, 3.63) is 0 Å². The fourth-order valence-corrected chi connectivity index (χ4v) is 22.6. The van der Waals surface area contributed by atoms with Crippen LogP contribution in [0.2, 0.25) is 0 Å². The summed E-state index contributed by atoms with van der Waals surface area (Å²) in [6.45, 7) is 0. The lowest BCUT2D eigenvalue weighted by molar-refractivity contribution is -0.396. The molecule has 0 amide bonds. The number of aliphatic hydroxyl groups is 16. The molecule has 30 aliphatic rings. The Kier molecular flexibility index (Phi) is 44.9. The minimum absolute atomic E-state index is 0.159. The summed E-state index contributed by atoms with van der Waals surface area (Å²) in [4.78, 5) is 94.3. The first-order chi connectivity index (χ1) is 60.7. The van der Waals surface area contributed by atoms with Crippen molar-refractivity contribution >= 4 is 142 Å². The van der Waals surface area contributed by atoms with Gasteiger partial charge in [-0.25, -0.2) is 0 Å². The third-order valence-corrected chi connectivity index (χ3v) is 29.9. The monoisotopic (exact) mass is 2000 g/mol. The number of aliphatic carboxylic acids is 8. The van der Waals surface area contributed by atoms with E-state index in [0.29, 0.717) is 0 Å². The van der Waals surface area contributed by atoms with Crippen molar-refractivity contribution in [2.45, 2.75) is 297 Å². The summed E-state index contributed by atoms with van der Waals surface area (Å²) < 4.78 is 100. The topological polar surface area (TPSA) is 770 Å². The highest BCUT2D eigenvalue weighted by Crippen LogP contribution is 2.43. The lowest BCUT2D eigenvalue weighted by atomic mass is 9.95. The van der Waals surface area contributed by atoms with E-state index in [1.807, 2.05) is 0 Å². The van der Waals surface area contributed by atoms with Crippen molar-refractivity contribution in [3.63, 3.8) is 0 Å². The van der Waals surface area contributed by atoms with Gasteiger partial charge in [-0.2, -0.15) is 94.1 Å². The van der Waals surface area contributed by atoms with Crippen molar-refractivity contribution in [3.8, 4) is 0 Å². The number of rotatable bonds is 40. The molecule has 0 spiro atoms. The molecule has 0 aromatic rings. The molecule has 40 atom stereocenters. The van der Waals surface area contributed by atoms with E-state index >= 15 is 0 Å². The van der Waals surface area contributed by atoms with Crippen LogP contribution in [0.3, 0.4) is 0 Å². The van der Waals surface area contributed by atoms with Gasteiger partial charge >= 0.3 is 47.8 Å². The van der Waals surface area contributed by atoms with Crippen LogP contribution in [0.5, 0.6) is 0 Å². The molecule has 30 rings (SSSR count). The van der Waals surface area contributed by atoms with Crippen molar-refractivity contribution in [1.29, 1.82) is 0 Å². The minimum atomic E-state index is -2.33. The molecule has 30 aliphatic heterocycles. The molecule has 0 aromatic carbocycles. The van der Waals surface area contributed by atoms with Crippen LogP contribution in [0.15, 0.2) is 0 Å². The minimum Gasteiger partial charge on any atom is -0.481 e. The van der Waals surface area contributed by atoms with E-state index in [0.717, 1.165) is 94.1 Å². The third kappa shape index (κ3) is 30.6. The van der Waals surface area contributed by atoms with E-state index < -0.39 is 345 Å². The number of carboxylic acid groups (broad SMARTS) is 8. The second-order valence-corrected chi connectivity index (χ2v) is 39.9. The molecule has 24 N–H and O–H groups in total. The van der Waals surface area contributed by atoms with E-state index in [-0.39, 0.29) is 92.0 Å². The summed E-state index contributed by atoms with van der Waals surface area (Å²) in [6, 6.07) is 0. The standard InChI is InChI=1S/C72H112O48S8/c73-33(74)1-9-121-17-25-57-41(89)49(97)65(105-25)114-58-26(18-122-10-2-34(75)76)107-67(51(99)43(58)91)116-60-28(20-124-12-4-36(79)80)109-69(53(101)45(60)93)118-62-30(22-126-14-6-38(83)84)111-71(55(103)47(62)95)120-64-32(24-128-16-8-40(87)88)112-72(56(104)48(64)96)119-63-31(23-127-15-7-39(85)86)110-70(54(102)46(63)94)117-61-29(21-125-13-5-37(81)82)108-68(52(100)44(61)92)115-59-27(19-123-11-3-35(77)78)106-66(113-57)50(98)42(59)90/h25-32,41-72,89-104H,1-24H2,(H,73,74)(H,75,76)(H,77,78)(H,79,80)(H,81,82)(H,83,84)(H,85,86)(H,87,88)/t25?,26?,27?,28?,29?,30?,31?,32?,41?,42?,43?,44?,45?,46?,47?,48?,49?,50?,51?,52?,53?,54?,55?,56?,57-,58-,59-,60-,61-,62-,63-,64-,65-,66-,67-,68-,69-,70-,71-,72-/m1/s1. The van der Waals surface area contributed by atoms with Gasteiger partial charge in [0.15, 0.2) is 50.3 Å². The predicted molar refractivity (Wildman–Crippen MR) is 441 cm³/mol. The molecule has 30 saturated heterocycles. The maximum absolute atomic E-state index is 12.3. The average molecular weight is 2000 g/mol. The molecular formula is C72H112O48S8. The quantitative estimate of drug-likeness (QED) is 0.0253. The van der Waals surface area contributed by atoms with Crippen LogP contribution in [0.25, 0.3) is 0 Å². The maximum atomic E-state index is 12.3. The highest BCUT2D eigenvalue weighted by Gasteiger charge is 2.61. The van der Waals surface area contributed by atoms with Crippen LogP contribution in [-0.2, 0) is 114 Å². The molecule has 30 heterocycles. The molecular weight excluding hydrogens is 1890 g/mol. The fraction of sp³-hybridized carbons (Fsp3) is 0.889. The van der Waals surface area contributed by atoms with Gasteiger partial charge in [-0.15, -0.1) is 0 Å². The summed E-state index contributed by atoms with van der Waals surface area (Å²) in [7, 11) is 0. The van der Waals surface area contributed by atoms with E-state index in [2.05, 4.69) is 0 Å². The Morgan fingerprint density at radius 3 is 0.336 bits per heavy atom. The Morgan fingerprint density at radius 2 is 0.250 bits per heavy atom. The van der Waals surface area contributed by atoms with E-state index in [1.54, 1.807) is 0 Å². The highest BCUT2D eigenvalue weighted by atomic mass is 32.2. The van der Waals surface area contributed by atoms with Crippen LogP contribution < -0.4 is 0 Å². The molecule has 0 aliphatic carbocycles. The fourth-order valence-electron chi connectivity index (χ4n) is 14.7. The van der Waals surface area contributed by atoms with Crippen molar-refractivity contribution in [1.82, 2.24) is 0 Å². The van der Waals surface area contributed by atoms with Crippen LogP contribution in [0.1, 0.15) is 51.4 Å². The van der Waals surface area contributed by atoms with Crippen LogP contribution in [0, 0.1) is 0 Å². The zero-order valence-electron chi connectivity index (χ0n) is 67.9. The van der Waals surface area contributed by atoms with Gasteiger partial charge < -0.3 is 198 Å². The molecule has 0 radical (unpaired) electrons. The normalized spacial score (nSPS) is 41.5. The van der Waals surface area contributed by atoms with Crippen molar-refractivity contribution in [2.24, 2.45) is 0 Å². The van der Waals surface area contributed by atoms with Gasteiger partial charge in [0, 0.05) is 92.0 Å². The second-order valence-electron chi connectivity index (χ2n) is 30.7. The number of hydrogen-bond donors (Lipinski definition) is 24. The Morgan fingerprint density at radius 1 is 0.156 bits per heavy atom. The summed E-state index contributed by atoms with van der Waals surface area (Å²) in [6.07, 6.45) is -85.9. The van der Waals surface area contributed by atoms with Crippen LogP contribution in [-0.4, -0.2) is 508 Å². The summed E-state index contributed by atoms with van der Waals surface area (Å²) in [5.74, 6) is -14.4. The Hall–Kier alpha value is -2.72. The lowest BCUT2D eigenvalue weighted by Crippen LogP contribution is -2.69. The van der Waals surface area contributed by atoms with Gasteiger partial charge in [0.1, 0.15) is 146 Å². The highest BCUT2D eigenvalue weighted by molar-refractivity contribution is 8.00. The van der Waals surface area contributed by atoms with Gasteiger partial charge in [0.05, 0.1) is 100 Å². The Balaban J connectivity index is 1.12. The molecule has 128 heavy (non-hydrogen) atoms. The van der Waals surface area contributed by atoms with Gasteiger partial charge in [-0.3, -0.25) is 38.4 Å². The van der Waals surface area contributed by atoms with E-state index in [4.69, 9.17) is 75.8 Å². The number of thioether (sulfide) groups is 8.